The largest absolute Gasteiger partial charge is 0.377 e. The molecule has 3 unspecified atom stereocenters. The van der Waals surface area contributed by atoms with Crippen LogP contribution in [0.5, 0.6) is 0 Å². The predicted molar refractivity (Wildman–Crippen MR) is 115 cm³/mol. The van der Waals surface area contributed by atoms with Crippen molar-refractivity contribution in [3.05, 3.63) is 0 Å². The molecule has 2 saturated heterocycles. The number of rotatable bonds is 3. The van der Waals surface area contributed by atoms with Crippen molar-refractivity contribution in [2.45, 2.75) is 58.1 Å². The first kappa shape index (κ1) is 21.7. The van der Waals surface area contributed by atoms with E-state index in [-0.39, 0.29) is 35.3 Å². The molecule has 1 aliphatic carbocycles. The fourth-order valence-corrected chi connectivity index (χ4v) is 4.96. The van der Waals surface area contributed by atoms with E-state index in [2.05, 4.69) is 34.4 Å². The Morgan fingerprint density at radius 2 is 1.96 bits per heavy atom. The SMILES string of the molecule is CN=C(NC1C2CCCOC2C1(C)C)N1CCC(CC(=O)NC)CC1.I. The summed E-state index contributed by atoms with van der Waals surface area (Å²) in [5.41, 5.74) is 0.151. The molecule has 0 aromatic rings. The zero-order chi connectivity index (χ0) is 18.0. The van der Waals surface area contributed by atoms with E-state index >= 15 is 0 Å². The summed E-state index contributed by atoms with van der Waals surface area (Å²) < 4.78 is 6.01. The Labute approximate surface area is 174 Å². The van der Waals surface area contributed by atoms with Gasteiger partial charge in [-0.05, 0) is 31.6 Å². The Bertz CT molecular complexity index is 518. The van der Waals surface area contributed by atoms with Gasteiger partial charge < -0.3 is 20.3 Å². The molecule has 1 amide bonds. The van der Waals surface area contributed by atoms with Crippen molar-refractivity contribution >= 4 is 35.8 Å². The molecule has 2 heterocycles. The topological polar surface area (TPSA) is 66.0 Å². The van der Waals surface area contributed by atoms with E-state index in [0.717, 1.165) is 38.5 Å². The normalized spacial score (nSPS) is 31.3. The van der Waals surface area contributed by atoms with E-state index in [1.807, 2.05) is 7.05 Å². The lowest BCUT2D eigenvalue weighted by atomic mass is 9.55. The molecule has 0 spiro atoms. The highest BCUT2D eigenvalue weighted by Gasteiger charge is 2.58. The van der Waals surface area contributed by atoms with Gasteiger partial charge in [-0.1, -0.05) is 13.8 Å². The van der Waals surface area contributed by atoms with Gasteiger partial charge in [0.05, 0.1) is 6.10 Å². The van der Waals surface area contributed by atoms with E-state index in [1.54, 1.807) is 7.05 Å². The van der Waals surface area contributed by atoms with Crippen molar-refractivity contribution in [1.82, 2.24) is 15.5 Å². The van der Waals surface area contributed by atoms with Crippen molar-refractivity contribution in [1.29, 1.82) is 0 Å². The Hall–Kier alpha value is -0.570. The number of ether oxygens (including phenoxy) is 1. The van der Waals surface area contributed by atoms with Gasteiger partial charge in [-0.3, -0.25) is 9.79 Å². The highest BCUT2D eigenvalue weighted by atomic mass is 127. The number of aliphatic imine (C=N–C) groups is 1. The fraction of sp³-hybridized carbons (Fsp3) is 0.895. The minimum absolute atomic E-state index is 0. The number of piperidine rings is 1. The lowest BCUT2D eigenvalue weighted by Crippen LogP contribution is -2.71. The van der Waals surface area contributed by atoms with Gasteiger partial charge in [0.25, 0.3) is 0 Å². The van der Waals surface area contributed by atoms with Gasteiger partial charge in [0, 0.05) is 57.6 Å². The molecule has 1 saturated carbocycles. The number of carbonyl (C=O) groups excluding carboxylic acids is 1. The van der Waals surface area contributed by atoms with E-state index in [0.29, 0.717) is 30.4 Å². The summed E-state index contributed by atoms with van der Waals surface area (Å²) in [7, 11) is 3.59. The molecule has 2 aliphatic heterocycles. The molecule has 3 fully saturated rings. The third-order valence-electron chi connectivity index (χ3n) is 6.49. The summed E-state index contributed by atoms with van der Waals surface area (Å²) in [4.78, 5) is 18.5. The van der Waals surface area contributed by atoms with E-state index in [1.165, 1.54) is 12.8 Å². The number of likely N-dealkylation sites (tertiary alicyclic amines) is 1. The zero-order valence-electron chi connectivity index (χ0n) is 16.6. The average molecular weight is 478 g/mol. The number of nitrogens with zero attached hydrogens (tertiary/aromatic N) is 2. The lowest BCUT2D eigenvalue weighted by Gasteiger charge is -2.60. The van der Waals surface area contributed by atoms with Crippen LogP contribution in [0.1, 0.15) is 46.0 Å². The zero-order valence-corrected chi connectivity index (χ0v) is 18.9. The number of carbonyl (C=O) groups is 1. The Kier molecular flexibility index (Phi) is 7.59. The van der Waals surface area contributed by atoms with Crippen molar-refractivity contribution < 1.29 is 9.53 Å². The number of halogens is 1. The van der Waals surface area contributed by atoms with Gasteiger partial charge >= 0.3 is 0 Å². The first-order valence-corrected chi connectivity index (χ1v) is 9.77. The number of fused-ring (bicyclic) bond motifs is 1. The number of amides is 1. The summed E-state index contributed by atoms with van der Waals surface area (Å²) >= 11 is 0. The highest BCUT2D eigenvalue weighted by Crippen LogP contribution is 2.51. The Morgan fingerprint density at radius 1 is 1.27 bits per heavy atom. The fourth-order valence-electron chi connectivity index (χ4n) is 4.96. The highest BCUT2D eigenvalue weighted by molar-refractivity contribution is 14.0. The number of hydrogen-bond acceptors (Lipinski definition) is 3. The third-order valence-corrected chi connectivity index (χ3v) is 6.49. The second-order valence-electron chi connectivity index (χ2n) is 8.40. The van der Waals surface area contributed by atoms with Crippen LogP contribution >= 0.6 is 24.0 Å². The minimum Gasteiger partial charge on any atom is -0.377 e. The molecule has 3 rings (SSSR count). The van der Waals surface area contributed by atoms with Gasteiger partial charge in [0.15, 0.2) is 5.96 Å². The van der Waals surface area contributed by atoms with Crippen LogP contribution < -0.4 is 10.6 Å². The van der Waals surface area contributed by atoms with Crippen LogP contribution in [0.3, 0.4) is 0 Å². The second kappa shape index (κ2) is 9.08. The van der Waals surface area contributed by atoms with Crippen LogP contribution in [-0.4, -0.2) is 62.7 Å². The minimum atomic E-state index is 0. The molecule has 0 aromatic heterocycles. The van der Waals surface area contributed by atoms with Crippen LogP contribution in [0.4, 0.5) is 0 Å². The van der Waals surface area contributed by atoms with E-state index in [4.69, 9.17) is 4.74 Å². The molecular formula is C19H35IN4O2. The van der Waals surface area contributed by atoms with Crippen molar-refractivity contribution in [3.63, 3.8) is 0 Å². The molecule has 3 atom stereocenters. The first-order chi connectivity index (χ1) is 12.0. The molecule has 26 heavy (non-hydrogen) atoms. The summed E-state index contributed by atoms with van der Waals surface area (Å²) in [6.07, 6.45) is 5.55. The average Bonchev–Trinajstić information content (AvgIpc) is 2.63. The molecular weight excluding hydrogens is 443 g/mol. The second-order valence-corrected chi connectivity index (χ2v) is 8.40. The molecule has 0 radical (unpaired) electrons. The Morgan fingerprint density at radius 3 is 2.58 bits per heavy atom. The van der Waals surface area contributed by atoms with Crippen LogP contribution in [-0.2, 0) is 9.53 Å². The summed E-state index contributed by atoms with van der Waals surface area (Å²) in [5.74, 6) is 2.26. The molecule has 6 nitrogen and oxygen atoms in total. The molecule has 150 valence electrons. The molecule has 0 bridgehead atoms. The molecule has 0 aromatic carbocycles. The first-order valence-electron chi connectivity index (χ1n) is 9.77. The van der Waals surface area contributed by atoms with Gasteiger partial charge in [-0.15, -0.1) is 24.0 Å². The van der Waals surface area contributed by atoms with Crippen LogP contribution in [0, 0.1) is 17.3 Å². The number of guanidine groups is 1. The van der Waals surface area contributed by atoms with Crippen molar-refractivity contribution in [2.24, 2.45) is 22.2 Å². The van der Waals surface area contributed by atoms with Crippen LogP contribution in [0.2, 0.25) is 0 Å². The maximum Gasteiger partial charge on any atom is 0.220 e. The monoisotopic (exact) mass is 478 g/mol. The number of nitrogens with one attached hydrogen (secondary N) is 2. The quantitative estimate of drug-likeness (QED) is 0.371. The standard InChI is InChI=1S/C19H34N4O2.HI/c1-19(2)16(14-6-5-11-25-17(14)19)22-18(21-4)23-9-7-13(8-10-23)12-15(24)20-3;/h13-14,16-17H,5-12H2,1-4H3,(H,20,24)(H,21,22);1H. The van der Waals surface area contributed by atoms with Gasteiger partial charge in [0.1, 0.15) is 0 Å². The molecule has 7 heteroatoms. The van der Waals surface area contributed by atoms with Gasteiger partial charge in [-0.2, -0.15) is 0 Å². The van der Waals surface area contributed by atoms with Crippen LogP contribution in [0.15, 0.2) is 4.99 Å². The van der Waals surface area contributed by atoms with E-state index in [9.17, 15) is 4.79 Å². The van der Waals surface area contributed by atoms with Crippen molar-refractivity contribution in [3.8, 4) is 0 Å². The van der Waals surface area contributed by atoms with Crippen LogP contribution in [0.25, 0.3) is 0 Å². The van der Waals surface area contributed by atoms with E-state index < -0.39 is 0 Å². The third kappa shape index (κ3) is 4.29. The van der Waals surface area contributed by atoms with Gasteiger partial charge in [0.2, 0.25) is 5.91 Å². The molecule has 3 aliphatic rings. The summed E-state index contributed by atoms with van der Waals surface area (Å²) in [6.45, 7) is 7.46. The Balaban J connectivity index is 0.00000243. The maximum atomic E-state index is 11.6. The number of hydrogen-bond donors (Lipinski definition) is 2. The van der Waals surface area contributed by atoms with Gasteiger partial charge in [-0.25, -0.2) is 0 Å². The molecule has 2 N–H and O–H groups in total. The smallest absolute Gasteiger partial charge is 0.220 e. The summed E-state index contributed by atoms with van der Waals surface area (Å²) in [5, 5.41) is 6.48. The van der Waals surface area contributed by atoms with Crippen molar-refractivity contribution in [2.75, 3.05) is 33.8 Å². The predicted octanol–water partition coefficient (Wildman–Crippen LogP) is 2.23. The maximum absolute atomic E-state index is 11.6. The lowest BCUT2D eigenvalue weighted by molar-refractivity contribution is -0.188. The summed E-state index contributed by atoms with van der Waals surface area (Å²) in [6, 6.07) is 0.431.